The molecular weight excluding hydrogens is 314 g/mol. The van der Waals surface area contributed by atoms with Crippen LogP contribution in [0.4, 0.5) is 0 Å². The number of H-pyrrole nitrogens is 1. The smallest absolute Gasteiger partial charge is 0.235 e. The van der Waals surface area contributed by atoms with E-state index in [1.165, 1.54) is 20.3 Å². The normalized spacial score (nSPS) is 10.8. The van der Waals surface area contributed by atoms with Crippen LogP contribution in [0, 0.1) is 0 Å². The number of hydrogen-bond donors (Lipinski definition) is 4. The summed E-state index contributed by atoms with van der Waals surface area (Å²) in [7, 11) is 2.97. The van der Waals surface area contributed by atoms with Crippen LogP contribution in [-0.2, 0) is 0 Å². The lowest BCUT2D eigenvalue weighted by molar-refractivity contribution is 0.355. The highest BCUT2D eigenvalue weighted by atomic mass is 16.5. The van der Waals surface area contributed by atoms with Crippen molar-refractivity contribution in [2.75, 3.05) is 14.2 Å². The third-order valence-electron chi connectivity index (χ3n) is 3.71. The SMILES string of the molecule is COc1ccc(-c2[nH]c3cc(O)cc(O)c3c(=O)c2O)cc1OC. The molecule has 0 fully saturated rings. The molecule has 0 spiro atoms. The molecule has 0 atom stereocenters. The highest BCUT2D eigenvalue weighted by Crippen LogP contribution is 2.36. The van der Waals surface area contributed by atoms with E-state index in [-0.39, 0.29) is 22.3 Å². The van der Waals surface area contributed by atoms with Crippen LogP contribution in [0.15, 0.2) is 35.1 Å². The zero-order valence-electron chi connectivity index (χ0n) is 13.0. The number of phenolic OH excluding ortho intramolecular Hbond substituents is 2. The molecule has 0 aliphatic heterocycles. The maximum absolute atomic E-state index is 12.4. The van der Waals surface area contributed by atoms with Crippen molar-refractivity contribution in [3.05, 3.63) is 40.6 Å². The summed E-state index contributed by atoms with van der Waals surface area (Å²) in [6, 6.07) is 7.20. The van der Waals surface area contributed by atoms with Gasteiger partial charge >= 0.3 is 0 Å². The van der Waals surface area contributed by atoms with Gasteiger partial charge in [0, 0.05) is 17.7 Å². The van der Waals surface area contributed by atoms with Crippen molar-refractivity contribution >= 4 is 10.9 Å². The molecule has 7 heteroatoms. The fourth-order valence-electron chi connectivity index (χ4n) is 2.58. The summed E-state index contributed by atoms with van der Waals surface area (Å²) >= 11 is 0. The van der Waals surface area contributed by atoms with Crippen molar-refractivity contribution in [2.24, 2.45) is 0 Å². The van der Waals surface area contributed by atoms with Crippen LogP contribution < -0.4 is 14.9 Å². The van der Waals surface area contributed by atoms with Gasteiger partial charge in [0.1, 0.15) is 11.5 Å². The first-order valence-electron chi connectivity index (χ1n) is 6.99. The van der Waals surface area contributed by atoms with E-state index in [2.05, 4.69) is 4.98 Å². The Balaban J connectivity index is 2.31. The molecule has 3 aromatic rings. The quantitative estimate of drug-likeness (QED) is 0.587. The molecule has 0 aliphatic rings. The summed E-state index contributed by atoms with van der Waals surface area (Å²) in [5.41, 5.74) is 0.0663. The van der Waals surface area contributed by atoms with Gasteiger partial charge in [0.15, 0.2) is 17.2 Å². The minimum atomic E-state index is -0.744. The van der Waals surface area contributed by atoms with Gasteiger partial charge in [-0.05, 0) is 18.2 Å². The molecule has 1 aromatic heterocycles. The topological polar surface area (TPSA) is 112 Å². The standard InChI is InChI=1S/C17H15NO6/c1-23-12-4-3-8(5-13(12)24-2)15-17(22)16(21)14-10(18-15)6-9(19)7-11(14)20/h3-7,19-20,22H,1-2H3,(H,18,21). The van der Waals surface area contributed by atoms with Gasteiger partial charge in [0.05, 0.1) is 30.8 Å². The number of ether oxygens (including phenoxy) is 2. The second-order valence-corrected chi connectivity index (χ2v) is 5.13. The number of aromatic hydroxyl groups is 3. The van der Waals surface area contributed by atoms with Crippen LogP contribution in [-0.4, -0.2) is 34.5 Å². The van der Waals surface area contributed by atoms with Crippen molar-refractivity contribution in [1.82, 2.24) is 4.98 Å². The maximum atomic E-state index is 12.4. The fourth-order valence-corrected chi connectivity index (χ4v) is 2.58. The fraction of sp³-hybridized carbons (Fsp3) is 0.118. The van der Waals surface area contributed by atoms with E-state index in [1.807, 2.05) is 0 Å². The first kappa shape index (κ1) is 15.5. The molecule has 4 N–H and O–H groups in total. The Morgan fingerprint density at radius 2 is 1.67 bits per heavy atom. The van der Waals surface area contributed by atoms with E-state index < -0.39 is 16.9 Å². The van der Waals surface area contributed by atoms with Gasteiger partial charge in [0.25, 0.3) is 0 Å². The van der Waals surface area contributed by atoms with Crippen molar-refractivity contribution in [3.8, 4) is 40.0 Å². The third-order valence-corrected chi connectivity index (χ3v) is 3.71. The number of hydrogen-bond acceptors (Lipinski definition) is 6. The minimum absolute atomic E-state index is 0.102. The molecule has 3 rings (SSSR count). The molecule has 0 amide bonds. The number of benzene rings is 2. The van der Waals surface area contributed by atoms with Gasteiger partial charge in [-0.25, -0.2) is 0 Å². The lowest BCUT2D eigenvalue weighted by atomic mass is 10.1. The molecule has 2 aromatic carbocycles. The van der Waals surface area contributed by atoms with Crippen molar-refractivity contribution in [3.63, 3.8) is 0 Å². The zero-order valence-corrected chi connectivity index (χ0v) is 13.0. The summed E-state index contributed by atoms with van der Waals surface area (Å²) < 4.78 is 10.4. The van der Waals surface area contributed by atoms with Crippen molar-refractivity contribution < 1.29 is 24.8 Å². The Morgan fingerprint density at radius 1 is 0.958 bits per heavy atom. The zero-order chi connectivity index (χ0) is 17.4. The Morgan fingerprint density at radius 3 is 2.33 bits per heavy atom. The van der Waals surface area contributed by atoms with Crippen LogP contribution >= 0.6 is 0 Å². The lowest BCUT2D eigenvalue weighted by Gasteiger charge is -2.12. The number of phenols is 2. The molecule has 0 unspecified atom stereocenters. The lowest BCUT2D eigenvalue weighted by Crippen LogP contribution is -2.05. The predicted molar refractivity (Wildman–Crippen MR) is 88.1 cm³/mol. The van der Waals surface area contributed by atoms with Crippen LogP contribution in [0.25, 0.3) is 22.2 Å². The molecule has 0 saturated heterocycles. The van der Waals surface area contributed by atoms with Gasteiger partial charge in [-0.2, -0.15) is 0 Å². The van der Waals surface area contributed by atoms with Crippen LogP contribution in [0.3, 0.4) is 0 Å². The van der Waals surface area contributed by atoms with E-state index in [9.17, 15) is 20.1 Å². The number of nitrogens with one attached hydrogen (secondary N) is 1. The molecule has 124 valence electrons. The monoisotopic (exact) mass is 329 g/mol. The number of rotatable bonds is 3. The molecule has 0 radical (unpaired) electrons. The molecule has 0 saturated carbocycles. The van der Waals surface area contributed by atoms with Gasteiger partial charge in [-0.15, -0.1) is 0 Å². The summed E-state index contributed by atoms with van der Waals surface area (Å²) in [6.07, 6.45) is 0. The van der Waals surface area contributed by atoms with E-state index in [0.29, 0.717) is 17.1 Å². The summed E-state index contributed by atoms with van der Waals surface area (Å²) in [5, 5.41) is 29.6. The Hall–Kier alpha value is -3.35. The summed E-state index contributed by atoms with van der Waals surface area (Å²) in [6.45, 7) is 0. The average molecular weight is 329 g/mol. The van der Waals surface area contributed by atoms with Gasteiger partial charge < -0.3 is 29.8 Å². The summed E-state index contributed by atoms with van der Waals surface area (Å²) in [4.78, 5) is 15.2. The number of methoxy groups -OCH3 is 2. The minimum Gasteiger partial charge on any atom is -0.508 e. The molecule has 1 heterocycles. The van der Waals surface area contributed by atoms with Gasteiger partial charge in [-0.1, -0.05) is 0 Å². The van der Waals surface area contributed by atoms with Crippen LogP contribution in [0.1, 0.15) is 0 Å². The molecular formula is C17H15NO6. The Labute approximate surface area is 136 Å². The summed E-state index contributed by atoms with van der Waals surface area (Å²) in [5.74, 6) is -0.246. The molecule has 0 aliphatic carbocycles. The molecule has 7 nitrogen and oxygen atoms in total. The largest absolute Gasteiger partial charge is 0.508 e. The molecule has 24 heavy (non-hydrogen) atoms. The van der Waals surface area contributed by atoms with E-state index in [0.717, 1.165) is 6.07 Å². The second kappa shape index (κ2) is 5.69. The van der Waals surface area contributed by atoms with E-state index >= 15 is 0 Å². The van der Waals surface area contributed by atoms with Crippen LogP contribution in [0.2, 0.25) is 0 Å². The molecule has 0 bridgehead atoms. The van der Waals surface area contributed by atoms with Gasteiger partial charge in [-0.3, -0.25) is 4.79 Å². The number of fused-ring (bicyclic) bond motifs is 1. The number of pyridine rings is 1. The Kier molecular flexibility index (Phi) is 3.69. The average Bonchev–Trinajstić information content (AvgIpc) is 2.56. The number of aromatic nitrogens is 1. The highest BCUT2D eigenvalue weighted by Gasteiger charge is 2.17. The Bertz CT molecular complexity index is 993. The van der Waals surface area contributed by atoms with Gasteiger partial charge in [0.2, 0.25) is 5.43 Å². The van der Waals surface area contributed by atoms with Crippen molar-refractivity contribution in [1.29, 1.82) is 0 Å². The van der Waals surface area contributed by atoms with Crippen molar-refractivity contribution in [2.45, 2.75) is 0 Å². The first-order chi connectivity index (χ1) is 11.5. The third kappa shape index (κ3) is 2.36. The highest BCUT2D eigenvalue weighted by molar-refractivity contribution is 5.90. The maximum Gasteiger partial charge on any atom is 0.235 e. The predicted octanol–water partition coefficient (Wildman–Crippen LogP) is 2.33. The second-order valence-electron chi connectivity index (χ2n) is 5.13. The van der Waals surface area contributed by atoms with E-state index in [1.54, 1.807) is 18.2 Å². The first-order valence-corrected chi connectivity index (χ1v) is 6.99. The number of aromatic amines is 1. The van der Waals surface area contributed by atoms with Crippen LogP contribution in [0.5, 0.6) is 28.7 Å². The van der Waals surface area contributed by atoms with E-state index in [4.69, 9.17) is 9.47 Å².